The van der Waals surface area contributed by atoms with E-state index in [1.54, 1.807) is 20.8 Å². The SMILES string of the molecule is CCC(C)(NC(=O)C(C)(C)OC)C(N)=NO. The molecule has 0 aromatic rings. The lowest BCUT2D eigenvalue weighted by molar-refractivity contribution is -0.140. The van der Waals surface area contributed by atoms with Gasteiger partial charge in [0.25, 0.3) is 5.91 Å². The number of nitrogens with two attached hydrogens (primary N) is 1. The minimum absolute atomic E-state index is 0.0322. The van der Waals surface area contributed by atoms with Crippen molar-refractivity contribution >= 4 is 11.7 Å². The number of nitrogens with zero attached hydrogens (tertiary/aromatic N) is 1. The van der Waals surface area contributed by atoms with Crippen molar-refractivity contribution in [2.45, 2.75) is 45.3 Å². The molecule has 0 bridgehead atoms. The van der Waals surface area contributed by atoms with Gasteiger partial charge in [-0.05, 0) is 27.2 Å². The van der Waals surface area contributed by atoms with Gasteiger partial charge in [-0.3, -0.25) is 4.79 Å². The zero-order valence-electron chi connectivity index (χ0n) is 10.5. The number of methoxy groups -OCH3 is 1. The van der Waals surface area contributed by atoms with Gasteiger partial charge in [-0.15, -0.1) is 0 Å². The van der Waals surface area contributed by atoms with Crippen LogP contribution in [0.25, 0.3) is 0 Å². The van der Waals surface area contributed by atoms with E-state index in [-0.39, 0.29) is 11.7 Å². The van der Waals surface area contributed by atoms with Gasteiger partial charge >= 0.3 is 0 Å². The first-order valence-electron chi connectivity index (χ1n) is 5.09. The lowest BCUT2D eigenvalue weighted by Crippen LogP contribution is -2.59. The summed E-state index contributed by atoms with van der Waals surface area (Å²) in [6.45, 7) is 6.80. The summed E-state index contributed by atoms with van der Waals surface area (Å²) in [6, 6.07) is 0. The molecule has 0 saturated carbocycles. The Bertz CT molecular complexity index is 289. The Kier molecular flexibility index (Phi) is 4.74. The molecule has 1 unspecified atom stereocenters. The molecule has 1 amide bonds. The van der Waals surface area contributed by atoms with Gasteiger partial charge in [-0.2, -0.15) is 0 Å². The van der Waals surface area contributed by atoms with Crippen LogP contribution in [0.4, 0.5) is 0 Å². The molecule has 0 spiro atoms. The molecule has 16 heavy (non-hydrogen) atoms. The van der Waals surface area contributed by atoms with Crippen molar-refractivity contribution in [2.24, 2.45) is 10.9 Å². The van der Waals surface area contributed by atoms with E-state index in [2.05, 4.69) is 10.5 Å². The number of rotatable bonds is 5. The van der Waals surface area contributed by atoms with Gasteiger partial charge in [-0.1, -0.05) is 12.1 Å². The number of carbonyl (C=O) groups is 1. The minimum atomic E-state index is -0.952. The highest BCUT2D eigenvalue weighted by atomic mass is 16.5. The Labute approximate surface area is 95.8 Å². The van der Waals surface area contributed by atoms with Crippen molar-refractivity contribution in [1.29, 1.82) is 0 Å². The number of amidine groups is 1. The summed E-state index contributed by atoms with van der Waals surface area (Å²) >= 11 is 0. The van der Waals surface area contributed by atoms with Crippen LogP contribution in [0, 0.1) is 0 Å². The largest absolute Gasteiger partial charge is 0.409 e. The van der Waals surface area contributed by atoms with Gasteiger partial charge in [0, 0.05) is 7.11 Å². The molecule has 6 heteroatoms. The van der Waals surface area contributed by atoms with E-state index in [1.807, 2.05) is 6.92 Å². The van der Waals surface area contributed by atoms with Crippen molar-refractivity contribution in [3.05, 3.63) is 0 Å². The summed E-state index contributed by atoms with van der Waals surface area (Å²) in [6.07, 6.45) is 0.508. The number of carbonyl (C=O) groups excluding carboxylic acids is 1. The minimum Gasteiger partial charge on any atom is -0.409 e. The van der Waals surface area contributed by atoms with E-state index in [0.29, 0.717) is 6.42 Å². The molecule has 0 aliphatic heterocycles. The predicted octanol–water partition coefficient (Wildman–Crippen LogP) is 0.443. The highest BCUT2D eigenvalue weighted by Crippen LogP contribution is 2.14. The third-order valence-electron chi connectivity index (χ3n) is 2.83. The summed E-state index contributed by atoms with van der Waals surface area (Å²) in [4.78, 5) is 11.9. The van der Waals surface area contributed by atoms with E-state index in [9.17, 15) is 4.79 Å². The molecule has 0 aromatic heterocycles. The third-order valence-corrected chi connectivity index (χ3v) is 2.83. The molecule has 4 N–H and O–H groups in total. The fraction of sp³-hybridized carbons (Fsp3) is 0.800. The van der Waals surface area contributed by atoms with Crippen molar-refractivity contribution < 1.29 is 14.7 Å². The van der Waals surface area contributed by atoms with E-state index < -0.39 is 11.1 Å². The first kappa shape index (κ1) is 14.7. The summed E-state index contributed by atoms with van der Waals surface area (Å²) in [5.74, 6) is -0.346. The highest BCUT2D eigenvalue weighted by molar-refractivity contribution is 5.95. The number of hydrogen-bond acceptors (Lipinski definition) is 4. The van der Waals surface area contributed by atoms with Crippen LogP contribution >= 0.6 is 0 Å². The van der Waals surface area contributed by atoms with Crippen molar-refractivity contribution in [3.8, 4) is 0 Å². The van der Waals surface area contributed by atoms with Crippen molar-refractivity contribution in [2.75, 3.05) is 7.11 Å². The maximum atomic E-state index is 11.9. The summed E-state index contributed by atoms with van der Waals surface area (Å²) in [5, 5.41) is 14.3. The van der Waals surface area contributed by atoms with E-state index in [0.717, 1.165) is 0 Å². The van der Waals surface area contributed by atoms with Crippen molar-refractivity contribution in [3.63, 3.8) is 0 Å². The summed E-state index contributed by atoms with van der Waals surface area (Å²) < 4.78 is 5.05. The molecule has 0 heterocycles. The maximum absolute atomic E-state index is 11.9. The van der Waals surface area contributed by atoms with Crippen LogP contribution in [0.15, 0.2) is 5.16 Å². The lowest BCUT2D eigenvalue weighted by Gasteiger charge is -2.32. The molecule has 0 aliphatic rings. The van der Waals surface area contributed by atoms with Crippen LogP contribution < -0.4 is 11.1 Å². The molecule has 0 aromatic carbocycles. The zero-order valence-corrected chi connectivity index (χ0v) is 10.5. The van der Waals surface area contributed by atoms with Crippen LogP contribution in [0.3, 0.4) is 0 Å². The second-order valence-corrected chi connectivity index (χ2v) is 4.34. The number of amides is 1. The first-order chi connectivity index (χ1) is 7.23. The number of nitrogens with one attached hydrogen (secondary N) is 1. The first-order valence-corrected chi connectivity index (χ1v) is 5.09. The third kappa shape index (κ3) is 3.10. The summed E-state index contributed by atoms with van der Waals surface area (Å²) in [7, 11) is 1.45. The second kappa shape index (κ2) is 5.16. The van der Waals surface area contributed by atoms with Crippen LogP contribution in [0.5, 0.6) is 0 Å². The Balaban J connectivity index is 4.88. The maximum Gasteiger partial charge on any atom is 0.252 e. The fourth-order valence-corrected chi connectivity index (χ4v) is 0.938. The Hall–Kier alpha value is -1.30. The molecule has 0 aliphatic carbocycles. The smallest absolute Gasteiger partial charge is 0.252 e. The second-order valence-electron chi connectivity index (χ2n) is 4.34. The van der Waals surface area contributed by atoms with E-state index in [4.69, 9.17) is 15.7 Å². The van der Waals surface area contributed by atoms with Crippen LogP contribution in [0.2, 0.25) is 0 Å². The Morgan fingerprint density at radius 2 is 2.00 bits per heavy atom. The Morgan fingerprint density at radius 1 is 1.50 bits per heavy atom. The lowest BCUT2D eigenvalue weighted by atomic mass is 9.95. The van der Waals surface area contributed by atoms with Crippen LogP contribution in [-0.4, -0.2) is 35.2 Å². The molecular formula is C10H21N3O3. The molecule has 0 saturated heterocycles. The molecule has 6 nitrogen and oxygen atoms in total. The fourth-order valence-electron chi connectivity index (χ4n) is 0.938. The molecular weight excluding hydrogens is 210 g/mol. The Morgan fingerprint density at radius 3 is 2.31 bits per heavy atom. The van der Waals surface area contributed by atoms with E-state index in [1.165, 1.54) is 7.11 Å². The number of ether oxygens (including phenoxy) is 1. The highest BCUT2D eigenvalue weighted by Gasteiger charge is 2.35. The topological polar surface area (TPSA) is 96.9 Å². The average molecular weight is 231 g/mol. The predicted molar refractivity (Wildman–Crippen MR) is 61.3 cm³/mol. The van der Waals surface area contributed by atoms with E-state index >= 15 is 0 Å². The van der Waals surface area contributed by atoms with Gasteiger partial charge in [0.1, 0.15) is 5.60 Å². The zero-order chi connectivity index (χ0) is 13.0. The molecule has 0 rings (SSSR count). The average Bonchev–Trinajstić information content (AvgIpc) is 2.27. The van der Waals surface area contributed by atoms with Gasteiger partial charge in [0.05, 0.1) is 5.54 Å². The van der Waals surface area contributed by atoms with Gasteiger partial charge in [0.15, 0.2) is 5.84 Å². The van der Waals surface area contributed by atoms with Gasteiger partial charge < -0.3 is 21.0 Å². The molecule has 0 radical (unpaired) electrons. The quantitative estimate of drug-likeness (QED) is 0.277. The van der Waals surface area contributed by atoms with Crippen LogP contribution in [0.1, 0.15) is 34.1 Å². The molecule has 0 fully saturated rings. The monoisotopic (exact) mass is 231 g/mol. The number of oxime groups is 1. The van der Waals surface area contributed by atoms with Crippen molar-refractivity contribution in [1.82, 2.24) is 5.32 Å². The van der Waals surface area contributed by atoms with Gasteiger partial charge in [0.2, 0.25) is 0 Å². The summed E-state index contributed by atoms with van der Waals surface area (Å²) in [5.41, 5.74) is 3.71. The number of hydrogen-bond donors (Lipinski definition) is 3. The normalized spacial score (nSPS) is 16.7. The standard InChI is InChI=1S/C10H21N3O3/c1-6-10(4,7(11)13-15)12-8(14)9(2,3)16-5/h15H,6H2,1-5H3,(H2,11,13)(H,12,14). The molecule has 1 atom stereocenters. The van der Waals surface area contributed by atoms with Crippen LogP contribution in [-0.2, 0) is 9.53 Å². The molecule has 94 valence electrons. The van der Waals surface area contributed by atoms with Gasteiger partial charge in [-0.25, -0.2) is 0 Å².